The number of likely N-dealkylation sites (tertiary alicyclic amines) is 1. The second-order valence-corrected chi connectivity index (χ2v) is 7.36. The largest absolute Gasteiger partial charge is 0.347 e. The lowest BCUT2D eigenvalue weighted by Gasteiger charge is -2.43. The van der Waals surface area contributed by atoms with Gasteiger partial charge < -0.3 is 19.7 Å². The van der Waals surface area contributed by atoms with Gasteiger partial charge in [-0.05, 0) is 44.4 Å². The molecule has 126 valence electrons. The molecule has 1 saturated carbocycles. The van der Waals surface area contributed by atoms with E-state index in [1.54, 1.807) is 0 Å². The van der Waals surface area contributed by atoms with Gasteiger partial charge in [0.15, 0.2) is 5.79 Å². The van der Waals surface area contributed by atoms with Crippen LogP contribution in [0.5, 0.6) is 0 Å². The Morgan fingerprint density at radius 1 is 1.27 bits per heavy atom. The smallest absolute Gasteiger partial charge is 0.317 e. The quantitative estimate of drug-likeness (QED) is 0.868. The van der Waals surface area contributed by atoms with Gasteiger partial charge in [0, 0.05) is 25.6 Å². The number of hydrogen-bond donors (Lipinski definition) is 1. The highest BCUT2D eigenvalue weighted by Gasteiger charge is 2.43. The van der Waals surface area contributed by atoms with Gasteiger partial charge >= 0.3 is 6.03 Å². The number of hydrogen-bond acceptors (Lipinski definition) is 3. The Morgan fingerprint density at radius 3 is 2.59 bits per heavy atom. The molecular formula is C17H30N2O3. The normalized spacial score (nSPS) is 29.9. The lowest BCUT2D eigenvalue weighted by Crippen LogP contribution is -2.53. The van der Waals surface area contributed by atoms with Crippen molar-refractivity contribution in [2.24, 2.45) is 11.3 Å². The van der Waals surface area contributed by atoms with Crippen LogP contribution in [0.15, 0.2) is 0 Å². The van der Waals surface area contributed by atoms with E-state index >= 15 is 0 Å². The summed E-state index contributed by atoms with van der Waals surface area (Å²) < 4.78 is 11.6. The second-order valence-electron chi connectivity index (χ2n) is 7.36. The Morgan fingerprint density at radius 2 is 2.00 bits per heavy atom. The van der Waals surface area contributed by atoms with E-state index in [0.717, 1.165) is 38.9 Å². The zero-order chi connectivity index (χ0) is 15.6. The molecule has 2 amide bonds. The molecule has 2 aliphatic heterocycles. The monoisotopic (exact) mass is 310 g/mol. The summed E-state index contributed by atoms with van der Waals surface area (Å²) >= 11 is 0. The Hall–Kier alpha value is -0.810. The van der Waals surface area contributed by atoms with Crippen LogP contribution in [0.3, 0.4) is 0 Å². The van der Waals surface area contributed by atoms with Crippen LogP contribution < -0.4 is 5.32 Å². The molecular weight excluding hydrogens is 280 g/mol. The molecule has 22 heavy (non-hydrogen) atoms. The molecule has 0 aromatic heterocycles. The van der Waals surface area contributed by atoms with Crippen LogP contribution in [0, 0.1) is 11.3 Å². The SMILES string of the molecule is CCC1(CNC(=O)N2CCC[C@H](C3(C)OCCO3)C2)CCC1. The van der Waals surface area contributed by atoms with E-state index in [4.69, 9.17) is 9.47 Å². The highest BCUT2D eigenvalue weighted by molar-refractivity contribution is 5.74. The molecule has 0 radical (unpaired) electrons. The number of urea groups is 1. The maximum atomic E-state index is 12.5. The van der Waals surface area contributed by atoms with Crippen LogP contribution in [0.25, 0.3) is 0 Å². The molecule has 5 heteroatoms. The number of carbonyl (C=O) groups excluding carboxylic acids is 1. The fourth-order valence-corrected chi connectivity index (χ4v) is 4.06. The van der Waals surface area contributed by atoms with Gasteiger partial charge in [-0.15, -0.1) is 0 Å². The number of nitrogens with zero attached hydrogens (tertiary/aromatic N) is 1. The number of rotatable bonds is 4. The van der Waals surface area contributed by atoms with Gasteiger partial charge in [0.2, 0.25) is 0 Å². The predicted molar refractivity (Wildman–Crippen MR) is 84.6 cm³/mol. The topological polar surface area (TPSA) is 50.8 Å². The van der Waals surface area contributed by atoms with Gasteiger partial charge in [0.05, 0.1) is 13.2 Å². The standard InChI is InChI=1S/C17H30N2O3/c1-3-17(7-5-8-17)13-18-15(20)19-9-4-6-14(12-19)16(2)21-10-11-22-16/h14H,3-13H2,1-2H3,(H,18,20)/t14-/m0/s1. The number of carbonyl (C=O) groups is 1. The predicted octanol–water partition coefficient (Wildman–Crippen LogP) is 2.75. The van der Waals surface area contributed by atoms with E-state index < -0.39 is 5.79 Å². The van der Waals surface area contributed by atoms with E-state index in [1.165, 1.54) is 19.3 Å². The van der Waals surface area contributed by atoms with Gasteiger partial charge in [-0.2, -0.15) is 0 Å². The Labute approximate surface area is 133 Å². The van der Waals surface area contributed by atoms with E-state index in [0.29, 0.717) is 18.6 Å². The highest BCUT2D eigenvalue weighted by Crippen LogP contribution is 2.43. The third-order valence-electron chi connectivity index (χ3n) is 6.09. The van der Waals surface area contributed by atoms with Crippen LogP contribution >= 0.6 is 0 Å². The molecule has 0 unspecified atom stereocenters. The van der Waals surface area contributed by atoms with Crippen molar-refractivity contribution in [1.82, 2.24) is 10.2 Å². The maximum Gasteiger partial charge on any atom is 0.317 e. The minimum absolute atomic E-state index is 0.0889. The van der Waals surface area contributed by atoms with Crippen molar-refractivity contribution in [1.29, 1.82) is 0 Å². The average Bonchev–Trinajstić information content (AvgIpc) is 2.95. The average molecular weight is 310 g/mol. The number of amides is 2. The summed E-state index contributed by atoms with van der Waals surface area (Å²) in [5.74, 6) is -0.226. The first kappa shape index (κ1) is 16.1. The first-order valence-electron chi connectivity index (χ1n) is 8.88. The van der Waals surface area contributed by atoms with E-state index in [9.17, 15) is 4.79 Å². The first-order chi connectivity index (χ1) is 10.6. The van der Waals surface area contributed by atoms with E-state index in [2.05, 4.69) is 12.2 Å². The fourth-order valence-electron chi connectivity index (χ4n) is 4.06. The third kappa shape index (κ3) is 3.11. The molecule has 2 heterocycles. The summed E-state index contributed by atoms with van der Waals surface area (Å²) in [4.78, 5) is 14.4. The second kappa shape index (κ2) is 6.36. The Kier molecular flexibility index (Phi) is 4.64. The summed E-state index contributed by atoms with van der Waals surface area (Å²) in [5.41, 5.74) is 0.370. The summed E-state index contributed by atoms with van der Waals surface area (Å²) in [6.07, 6.45) is 7.08. The zero-order valence-corrected chi connectivity index (χ0v) is 14.0. The van der Waals surface area contributed by atoms with Crippen LogP contribution in [0.4, 0.5) is 4.79 Å². The molecule has 2 saturated heterocycles. The van der Waals surface area contributed by atoms with Gasteiger partial charge in [0.25, 0.3) is 0 Å². The maximum absolute atomic E-state index is 12.5. The van der Waals surface area contributed by atoms with Crippen molar-refractivity contribution in [3.63, 3.8) is 0 Å². The molecule has 0 spiro atoms. The van der Waals surface area contributed by atoms with Gasteiger partial charge in [0.1, 0.15) is 0 Å². The highest BCUT2D eigenvalue weighted by atomic mass is 16.7. The summed E-state index contributed by atoms with van der Waals surface area (Å²) in [6.45, 7) is 7.99. The Balaban J connectivity index is 1.52. The fraction of sp³-hybridized carbons (Fsp3) is 0.941. The minimum atomic E-state index is -0.502. The van der Waals surface area contributed by atoms with Crippen LogP contribution in [-0.2, 0) is 9.47 Å². The van der Waals surface area contributed by atoms with Gasteiger partial charge in [-0.3, -0.25) is 0 Å². The molecule has 1 atom stereocenters. The molecule has 0 bridgehead atoms. The minimum Gasteiger partial charge on any atom is -0.347 e. The molecule has 1 aliphatic carbocycles. The van der Waals surface area contributed by atoms with E-state index in [-0.39, 0.29) is 11.9 Å². The van der Waals surface area contributed by atoms with Crippen molar-refractivity contribution in [2.75, 3.05) is 32.8 Å². The molecule has 5 nitrogen and oxygen atoms in total. The zero-order valence-electron chi connectivity index (χ0n) is 14.0. The first-order valence-corrected chi connectivity index (χ1v) is 8.88. The van der Waals surface area contributed by atoms with Crippen molar-refractivity contribution in [3.05, 3.63) is 0 Å². The summed E-state index contributed by atoms with van der Waals surface area (Å²) in [5, 5.41) is 3.18. The Bertz CT molecular complexity index is 397. The molecule has 3 rings (SSSR count). The molecule has 3 fully saturated rings. The third-order valence-corrected chi connectivity index (χ3v) is 6.09. The number of piperidine rings is 1. The van der Waals surface area contributed by atoms with Crippen molar-refractivity contribution in [3.8, 4) is 0 Å². The van der Waals surface area contributed by atoms with Crippen molar-refractivity contribution >= 4 is 6.03 Å². The van der Waals surface area contributed by atoms with Crippen molar-refractivity contribution in [2.45, 2.75) is 58.2 Å². The molecule has 3 aliphatic rings. The van der Waals surface area contributed by atoms with E-state index in [1.807, 2.05) is 11.8 Å². The van der Waals surface area contributed by atoms with Gasteiger partial charge in [-0.1, -0.05) is 13.3 Å². The van der Waals surface area contributed by atoms with Crippen LogP contribution in [-0.4, -0.2) is 49.6 Å². The van der Waals surface area contributed by atoms with Gasteiger partial charge in [-0.25, -0.2) is 4.79 Å². The number of nitrogens with one attached hydrogen (secondary N) is 1. The van der Waals surface area contributed by atoms with Crippen molar-refractivity contribution < 1.29 is 14.3 Å². The molecule has 0 aromatic carbocycles. The number of ether oxygens (including phenoxy) is 2. The van der Waals surface area contributed by atoms with Crippen LogP contribution in [0.2, 0.25) is 0 Å². The summed E-state index contributed by atoms with van der Waals surface area (Å²) in [7, 11) is 0. The molecule has 0 aromatic rings. The summed E-state index contributed by atoms with van der Waals surface area (Å²) in [6, 6.07) is 0.0889. The lowest BCUT2D eigenvalue weighted by molar-refractivity contribution is -0.189. The lowest BCUT2D eigenvalue weighted by atomic mass is 9.67. The van der Waals surface area contributed by atoms with Crippen LogP contribution in [0.1, 0.15) is 52.4 Å². The molecule has 1 N–H and O–H groups in total.